The Morgan fingerprint density at radius 1 is 1.09 bits per heavy atom. The predicted octanol–water partition coefficient (Wildman–Crippen LogP) is 1.77. The summed E-state index contributed by atoms with van der Waals surface area (Å²) in [4.78, 5) is 47.2. The molecule has 0 bridgehead atoms. The van der Waals surface area contributed by atoms with Gasteiger partial charge in [0.1, 0.15) is 22.2 Å². The van der Waals surface area contributed by atoms with Crippen LogP contribution in [-0.2, 0) is 5.41 Å². The number of nitrogens with two attached hydrogens (primary N) is 1. The lowest BCUT2D eigenvalue weighted by Gasteiger charge is -2.14. The Labute approximate surface area is 195 Å². The monoisotopic (exact) mass is 458 g/mol. The number of ketones is 1. The Hall–Kier alpha value is -4.46. The Morgan fingerprint density at radius 2 is 1.76 bits per heavy atom. The molecular formula is C26H26N4O4. The van der Waals surface area contributed by atoms with Crippen molar-refractivity contribution in [1.29, 1.82) is 0 Å². The van der Waals surface area contributed by atoms with Crippen molar-refractivity contribution in [2.24, 2.45) is 5.73 Å². The lowest BCUT2D eigenvalue weighted by molar-refractivity contribution is 0.103. The van der Waals surface area contributed by atoms with Crippen LogP contribution >= 0.6 is 0 Å². The minimum atomic E-state index is -0.496. The van der Waals surface area contributed by atoms with E-state index in [2.05, 4.69) is 21.5 Å². The summed E-state index contributed by atoms with van der Waals surface area (Å²) in [5.41, 5.74) is 5.66. The topological polar surface area (TPSA) is 135 Å². The van der Waals surface area contributed by atoms with E-state index < -0.39 is 11.1 Å². The molecule has 8 nitrogen and oxygen atoms in total. The zero-order valence-electron chi connectivity index (χ0n) is 19.2. The number of aromatic nitrogens is 3. The maximum atomic E-state index is 12.7. The van der Waals surface area contributed by atoms with Crippen molar-refractivity contribution in [1.82, 2.24) is 15.0 Å². The largest absolute Gasteiger partial charge is 0.447 e. The van der Waals surface area contributed by atoms with Gasteiger partial charge < -0.3 is 20.1 Å². The van der Waals surface area contributed by atoms with Gasteiger partial charge in [-0.2, -0.15) is 0 Å². The van der Waals surface area contributed by atoms with Gasteiger partial charge in [-0.3, -0.25) is 14.4 Å². The molecule has 34 heavy (non-hydrogen) atoms. The summed E-state index contributed by atoms with van der Waals surface area (Å²) in [5, 5.41) is 0.106. The number of hydrogen-bond donors (Lipinski definition) is 3. The first-order chi connectivity index (χ1) is 16.1. The molecule has 174 valence electrons. The molecule has 0 aliphatic carbocycles. The summed E-state index contributed by atoms with van der Waals surface area (Å²) in [7, 11) is 0. The highest BCUT2D eigenvalue weighted by Crippen LogP contribution is 2.25. The van der Waals surface area contributed by atoms with Crippen LogP contribution in [0.15, 0.2) is 81.2 Å². The van der Waals surface area contributed by atoms with E-state index in [1.165, 1.54) is 24.7 Å². The Bertz CT molecular complexity index is 1530. The zero-order chi connectivity index (χ0) is 24.9. The molecule has 8 heteroatoms. The lowest BCUT2D eigenvalue weighted by atomic mass is 9.92. The summed E-state index contributed by atoms with van der Waals surface area (Å²) in [5.74, 6) is 0.326. The molecule has 0 radical (unpaired) electrons. The first-order valence-corrected chi connectivity index (χ1v) is 10.5. The molecule has 0 saturated heterocycles. The van der Waals surface area contributed by atoms with E-state index in [1.807, 2.05) is 20.8 Å². The van der Waals surface area contributed by atoms with Crippen molar-refractivity contribution in [2.45, 2.75) is 26.2 Å². The third-order valence-corrected chi connectivity index (χ3v) is 4.81. The highest BCUT2D eigenvalue weighted by atomic mass is 16.3. The fourth-order valence-corrected chi connectivity index (χ4v) is 3.18. The number of Topliss-reactive ketones (excluding diaryl/α,β-unsaturated/α-hetero) is 1. The van der Waals surface area contributed by atoms with E-state index in [0.29, 0.717) is 22.6 Å². The molecular weight excluding hydrogens is 432 g/mol. The summed E-state index contributed by atoms with van der Waals surface area (Å²) in [6, 6.07) is 6.66. The normalized spacial score (nSPS) is 13.3. The maximum absolute atomic E-state index is 12.7. The second kappa shape index (κ2) is 9.99. The molecule has 0 spiro atoms. The lowest BCUT2D eigenvalue weighted by Crippen LogP contribution is -2.46. The number of allylic oxidation sites excluding steroid dienone is 4. The maximum Gasteiger partial charge on any atom is 0.272 e. The summed E-state index contributed by atoms with van der Waals surface area (Å²) < 4.78 is 5.45. The molecule has 0 aliphatic heterocycles. The number of aromatic amines is 2. The number of rotatable bonds is 6. The number of carbonyl (C=O) groups is 1. The third-order valence-electron chi connectivity index (χ3n) is 4.81. The Kier molecular flexibility index (Phi) is 7.11. The minimum Gasteiger partial charge on any atom is -0.447 e. The van der Waals surface area contributed by atoms with Crippen LogP contribution in [0.2, 0.25) is 0 Å². The molecule has 4 N–H and O–H groups in total. The van der Waals surface area contributed by atoms with Crippen LogP contribution in [0.5, 0.6) is 0 Å². The molecule has 2 aromatic heterocycles. The van der Waals surface area contributed by atoms with Gasteiger partial charge in [0.05, 0.1) is 0 Å². The molecule has 0 amide bonds. The van der Waals surface area contributed by atoms with E-state index in [0.717, 1.165) is 0 Å². The smallest absolute Gasteiger partial charge is 0.272 e. The minimum absolute atomic E-state index is 0.0507. The van der Waals surface area contributed by atoms with Crippen molar-refractivity contribution in [3.8, 4) is 0 Å². The molecule has 0 atom stereocenters. The van der Waals surface area contributed by atoms with Gasteiger partial charge >= 0.3 is 0 Å². The number of benzene rings is 1. The van der Waals surface area contributed by atoms with Crippen molar-refractivity contribution >= 4 is 17.9 Å². The first kappa shape index (κ1) is 24.2. The van der Waals surface area contributed by atoms with Gasteiger partial charge in [0.2, 0.25) is 0 Å². The SMILES string of the molecule is C=C(/C=C\C=C/N)C(=O)c1cccc(/C=c2\[nH]c(=O)/c(=C/c3ncoc3C(C)(C)C)[nH]c2=O)c1. The van der Waals surface area contributed by atoms with Crippen LogP contribution in [0.4, 0.5) is 0 Å². The van der Waals surface area contributed by atoms with Gasteiger partial charge in [-0.15, -0.1) is 0 Å². The van der Waals surface area contributed by atoms with Gasteiger partial charge in [0.15, 0.2) is 12.2 Å². The summed E-state index contributed by atoms with van der Waals surface area (Å²) in [6.45, 7) is 9.63. The van der Waals surface area contributed by atoms with Crippen LogP contribution in [0.25, 0.3) is 12.2 Å². The van der Waals surface area contributed by atoms with Gasteiger partial charge in [0.25, 0.3) is 11.1 Å². The number of oxazole rings is 1. The highest BCUT2D eigenvalue weighted by molar-refractivity contribution is 6.10. The standard InChI is InChI=1S/C26H26N4O4/c1-16(8-5-6-11-27)22(31)18-10-7-9-17(12-18)13-20-24(32)30-21(25(33)29-20)14-19-23(26(2,3)4)34-15-28-19/h5-15H,1,27H2,2-4H3,(H,29,33)(H,30,32)/b8-5-,11-6-,20-13-,21-14-. The van der Waals surface area contributed by atoms with Crippen LogP contribution in [-0.4, -0.2) is 20.7 Å². The van der Waals surface area contributed by atoms with E-state index >= 15 is 0 Å². The van der Waals surface area contributed by atoms with E-state index in [4.69, 9.17) is 10.2 Å². The number of nitrogens with zero attached hydrogens (tertiary/aromatic N) is 1. The van der Waals surface area contributed by atoms with Gasteiger partial charge in [-0.05, 0) is 36.1 Å². The fourth-order valence-electron chi connectivity index (χ4n) is 3.18. The van der Waals surface area contributed by atoms with Gasteiger partial charge in [-0.25, -0.2) is 4.98 Å². The zero-order valence-corrected chi connectivity index (χ0v) is 19.2. The number of H-pyrrole nitrogens is 2. The molecule has 0 fully saturated rings. The molecule has 0 saturated carbocycles. The van der Waals surface area contributed by atoms with Gasteiger partial charge in [-0.1, -0.05) is 57.7 Å². The van der Waals surface area contributed by atoms with Gasteiger partial charge in [0, 0.05) is 16.6 Å². The quantitative estimate of drug-likeness (QED) is 0.293. The van der Waals surface area contributed by atoms with E-state index in [-0.39, 0.29) is 27.5 Å². The van der Waals surface area contributed by atoms with Crippen LogP contribution in [0.1, 0.15) is 48.1 Å². The van der Waals surface area contributed by atoms with Crippen molar-refractivity contribution in [2.75, 3.05) is 0 Å². The fraction of sp³-hybridized carbons (Fsp3) is 0.154. The Balaban J connectivity index is 1.99. The summed E-state index contributed by atoms with van der Waals surface area (Å²) in [6.07, 6.45) is 10.4. The van der Waals surface area contributed by atoms with Crippen molar-refractivity contribution < 1.29 is 9.21 Å². The van der Waals surface area contributed by atoms with E-state index in [1.54, 1.807) is 42.5 Å². The van der Waals surface area contributed by atoms with E-state index in [9.17, 15) is 14.4 Å². The predicted molar refractivity (Wildman–Crippen MR) is 132 cm³/mol. The molecule has 3 rings (SSSR count). The second-order valence-electron chi connectivity index (χ2n) is 8.56. The molecule has 1 aromatic carbocycles. The number of hydrogen-bond acceptors (Lipinski definition) is 6. The number of carbonyl (C=O) groups excluding carboxylic acids is 1. The van der Waals surface area contributed by atoms with Crippen molar-refractivity contribution in [3.63, 3.8) is 0 Å². The summed E-state index contributed by atoms with van der Waals surface area (Å²) >= 11 is 0. The Morgan fingerprint density at radius 3 is 2.41 bits per heavy atom. The number of nitrogens with one attached hydrogen (secondary N) is 2. The van der Waals surface area contributed by atoms with Crippen LogP contribution < -0.4 is 27.6 Å². The van der Waals surface area contributed by atoms with Crippen LogP contribution in [0, 0.1) is 0 Å². The first-order valence-electron chi connectivity index (χ1n) is 10.5. The molecule has 0 unspecified atom stereocenters. The van der Waals surface area contributed by atoms with Crippen molar-refractivity contribution in [3.05, 3.63) is 121 Å². The molecule has 0 aliphatic rings. The second-order valence-corrected chi connectivity index (χ2v) is 8.56. The highest BCUT2D eigenvalue weighted by Gasteiger charge is 2.21. The average Bonchev–Trinajstić information content (AvgIpc) is 3.26. The molecule has 3 aromatic rings. The third kappa shape index (κ3) is 5.66. The average molecular weight is 459 g/mol. The molecule has 2 heterocycles. The van der Waals surface area contributed by atoms with Crippen LogP contribution in [0.3, 0.4) is 0 Å².